The predicted octanol–water partition coefficient (Wildman–Crippen LogP) is 1.59. The first kappa shape index (κ1) is 21.7. The van der Waals surface area contributed by atoms with Crippen molar-refractivity contribution in [2.24, 2.45) is 7.05 Å². The summed E-state index contributed by atoms with van der Waals surface area (Å²) in [6, 6.07) is 2.81. The van der Waals surface area contributed by atoms with Crippen LogP contribution in [0.5, 0.6) is 0 Å². The number of aromatic nitrogens is 4. The second kappa shape index (κ2) is 10.00. The van der Waals surface area contributed by atoms with Crippen LogP contribution in [0.1, 0.15) is 69.6 Å². The number of carbonyl (C=O) groups is 4. The predicted molar refractivity (Wildman–Crippen MR) is 93.7 cm³/mol. The number of esters is 2. The average molecular weight is 378 g/mol. The fourth-order valence-electron chi connectivity index (χ4n) is 1.85. The fraction of sp³-hybridized carbons (Fsp3) is 0.412. The molecule has 0 unspecified atom stereocenters. The second-order valence-corrected chi connectivity index (χ2v) is 5.26. The van der Waals surface area contributed by atoms with Gasteiger partial charge in [0.05, 0.1) is 13.2 Å². The third-order valence-corrected chi connectivity index (χ3v) is 3.16. The van der Waals surface area contributed by atoms with Crippen molar-refractivity contribution in [3.05, 3.63) is 34.9 Å². The smallest absolute Gasteiger partial charge is 0.356 e. The summed E-state index contributed by atoms with van der Waals surface area (Å²) in [5.41, 5.74) is 1.00. The highest BCUT2D eigenvalue weighted by Gasteiger charge is 2.15. The highest BCUT2D eigenvalue weighted by Crippen LogP contribution is 2.05. The van der Waals surface area contributed by atoms with Gasteiger partial charge in [0.1, 0.15) is 22.8 Å². The van der Waals surface area contributed by atoms with Crippen LogP contribution in [0.4, 0.5) is 0 Å². The van der Waals surface area contributed by atoms with Gasteiger partial charge in [-0.25, -0.2) is 9.59 Å². The van der Waals surface area contributed by atoms with E-state index in [0.29, 0.717) is 13.2 Å². The summed E-state index contributed by atoms with van der Waals surface area (Å²) in [7, 11) is 1.60. The molecule has 0 aromatic carbocycles. The van der Waals surface area contributed by atoms with E-state index in [-0.39, 0.29) is 34.3 Å². The van der Waals surface area contributed by atoms with Gasteiger partial charge in [-0.2, -0.15) is 10.2 Å². The number of hydrogen-bond donors (Lipinski definition) is 1. The fourth-order valence-corrected chi connectivity index (χ4v) is 1.85. The number of carbonyl (C=O) groups excluding carboxylic acids is 4. The number of nitrogens with one attached hydrogen (secondary N) is 1. The van der Waals surface area contributed by atoms with Crippen LogP contribution >= 0.6 is 0 Å². The van der Waals surface area contributed by atoms with Crippen molar-refractivity contribution in [2.75, 3.05) is 13.2 Å². The number of nitrogens with zero attached hydrogens (tertiary/aromatic N) is 3. The first-order valence-corrected chi connectivity index (χ1v) is 8.16. The number of rotatable bonds is 6. The Bertz CT molecular complexity index is 836. The summed E-state index contributed by atoms with van der Waals surface area (Å²) in [5.74, 6) is -1.32. The lowest BCUT2D eigenvalue weighted by Crippen LogP contribution is -2.10. The van der Waals surface area contributed by atoms with Crippen molar-refractivity contribution in [1.29, 1.82) is 0 Å². The molecule has 0 saturated heterocycles. The molecule has 10 nitrogen and oxygen atoms in total. The van der Waals surface area contributed by atoms with Crippen LogP contribution in [0.15, 0.2) is 12.1 Å². The maximum absolute atomic E-state index is 11.3. The molecule has 10 heteroatoms. The Labute approximate surface area is 155 Å². The molecular formula is C17H22N4O6. The SMILES string of the molecule is CCOC(=O)c1cc(C(C)=O)n[nH]1.CCOC(=O)c1cc(C(C)=O)nn1C. The number of Topliss-reactive ketones (excluding diaryl/α,β-unsaturated/α-hetero) is 2. The third-order valence-electron chi connectivity index (χ3n) is 3.16. The van der Waals surface area contributed by atoms with E-state index >= 15 is 0 Å². The Hall–Kier alpha value is -3.30. The van der Waals surface area contributed by atoms with Crippen LogP contribution in [-0.2, 0) is 16.5 Å². The highest BCUT2D eigenvalue weighted by molar-refractivity contribution is 5.96. The Morgan fingerprint density at radius 2 is 1.52 bits per heavy atom. The summed E-state index contributed by atoms with van der Waals surface area (Å²) in [6.07, 6.45) is 0. The van der Waals surface area contributed by atoms with Crippen molar-refractivity contribution >= 4 is 23.5 Å². The molecule has 146 valence electrons. The standard InChI is InChI=1S/C9H12N2O3.C8H10N2O3/c1-4-14-9(13)8-5-7(6(2)12)10-11(8)3;1-3-13-8(12)7-4-6(5(2)11)9-10-7/h5H,4H2,1-3H3;4H,3H2,1-2H3,(H,9,10). The van der Waals surface area contributed by atoms with E-state index in [1.807, 2.05) is 0 Å². The van der Waals surface area contributed by atoms with Gasteiger partial charge >= 0.3 is 11.9 Å². The molecule has 0 aliphatic carbocycles. The molecule has 0 saturated carbocycles. The molecule has 0 spiro atoms. The molecule has 2 rings (SSSR count). The maximum Gasteiger partial charge on any atom is 0.356 e. The molecule has 0 amide bonds. The van der Waals surface area contributed by atoms with E-state index in [9.17, 15) is 19.2 Å². The lowest BCUT2D eigenvalue weighted by atomic mass is 10.3. The molecule has 0 bridgehead atoms. The topological polar surface area (TPSA) is 133 Å². The number of hydrogen-bond acceptors (Lipinski definition) is 8. The zero-order valence-electron chi connectivity index (χ0n) is 15.9. The van der Waals surface area contributed by atoms with Gasteiger partial charge in [-0.3, -0.25) is 19.4 Å². The van der Waals surface area contributed by atoms with Crippen LogP contribution in [0, 0.1) is 0 Å². The second-order valence-electron chi connectivity index (χ2n) is 5.26. The quantitative estimate of drug-likeness (QED) is 0.592. The minimum Gasteiger partial charge on any atom is -0.461 e. The molecule has 2 aromatic rings. The van der Waals surface area contributed by atoms with Crippen molar-refractivity contribution in [3.63, 3.8) is 0 Å². The Morgan fingerprint density at radius 1 is 0.963 bits per heavy atom. The Morgan fingerprint density at radius 3 is 1.96 bits per heavy atom. The Kier molecular flexibility index (Phi) is 8.05. The van der Waals surface area contributed by atoms with Crippen LogP contribution in [0.3, 0.4) is 0 Å². The number of ketones is 2. The van der Waals surface area contributed by atoms with Crippen molar-refractivity contribution in [2.45, 2.75) is 27.7 Å². The lowest BCUT2D eigenvalue weighted by molar-refractivity contribution is 0.0506. The molecule has 2 heterocycles. The van der Waals surface area contributed by atoms with E-state index in [1.165, 1.54) is 30.7 Å². The van der Waals surface area contributed by atoms with Gasteiger partial charge in [-0.1, -0.05) is 0 Å². The van der Waals surface area contributed by atoms with Gasteiger partial charge in [-0.05, 0) is 13.8 Å². The van der Waals surface area contributed by atoms with Crippen molar-refractivity contribution in [1.82, 2.24) is 20.0 Å². The zero-order valence-corrected chi connectivity index (χ0v) is 15.9. The molecule has 0 fully saturated rings. The molecule has 0 aliphatic heterocycles. The van der Waals surface area contributed by atoms with Crippen LogP contribution in [0.25, 0.3) is 0 Å². The van der Waals surface area contributed by atoms with Crippen molar-refractivity contribution in [3.8, 4) is 0 Å². The first-order valence-electron chi connectivity index (χ1n) is 8.16. The van der Waals surface area contributed by atoms with Gasteiger partial charge in [-0.15, -0.1) is 0 Å². The van der Waals surface area contributed by atoms with Crippen LogP contribution in [-0.4, -0.2) is 56.7 Å². The number of aryl methyl sites for hydroxylation is 1. The van der Waals surface area contributed by atoms with Crippen LogP contribution in [0.2, 0.25) is 0 Å². The zero-order chi connectivity index (χ0) is 20.6. The molecule has 0 atom stereocenters. The molecule has 0 aliphatic rings. The minimum absolute atomic E-state index is 0.170. The minimum atomic E-state index is -0.498. The van der Waals surface area contributed by atoms with Gasteiger partial charge in [0.15, 0.2) is 11.6 Å². The molecule has 2 aromatic heterocycles. The van der Waals surface area contributed by atoms with E-state index in [4.69, 9.17) is 9.47 Å². The highest BCUT2D eigenvalue weighted by atomic mass is 16.5. The Balaban J connectivity index is 0.000000271. The molecule has 27 heavy (non-hydrogen) atoms. The van der Waals surface area contributed by atoms with Crippen LogP contribution < -0.4 is 0 Å². The molecule has 1 N–H and O–H groups in total. The summed E-state index contributed by atoms with van der Waals surface area (Å²) in [5, 5.41) is 9.95. The molecule has 0 radical (unpaired) electrons. The summed E-state index contributed by atoms with van der Waals surface area (Å²) >= 11 is 0. The third kappa shape index (κ3) is 6.17. The number of ether oxygens (including phenoxy) is 2. The summed E-state index contributed by atoms with van der Waals surface area (Å²) in [6.45, 7) is 6.81. The maximum atomic E-state index is 11.3. The number of H-pyrrole nitrogens is 1. The van der Waals surface area contributed by atoms with Gasteiger partial charge in [0.2, 0.25) is 0 Å². The number of aromatic amines is 1. The summed E-state index contributed by atoms with van der Waals surface area (Å²) < 4.78 is 10.8. The lowest BCUT2D eigenvalue weighted by Gasteiger charge is -1.99. The van der Waals surface area contributed by atoms with E-state index in [1.54, 1.807) is 20.9 Å². The first-order chi connectivity index (χ1) is 12.7. The summed E-state index contributed by atoms with van der Waals surface area (Å²) in [4.78, 5) is 44.2. The van der Waals surface area contributed by atoms with E-state index in [0.717, 1.165) is 0 Å². The van der Waals surface area contributed by atoms with Gasteiger partial charge < -0.3 is 9.47 Å². The normalized spacial score (nSPS) is 9.81. The van der Waals surface area contributed by atoms with Gasteiger partial charge in [0.25, 0.3) is 0 Å². The van der Waals surface area contributed by atoms with Gasteiger partial charge in [0, 0.05) is 33.0 Å². The monoisotopic (exact) mass is 378 g/mol. The average Bonchev–Trinajstić information content (AvgIpc) is 3.23. The van der Waals surface area contributed by atoms with E-state index in [2.05, 4.69) is 15.3 Å². The molecular weight excluding hydrogens is 356 g/mol. The largest absolute Gasteiger partial charge is 0.461 e. The van der Waals surface area contributed by atoms with E-state index < -0.39 is 11.9 Å². The van der Waals surface area contributed by atoms with Crippen molar-refractivity contribution < 1.29 is 28.7 Å².